The molecule has 54 heavy (non-hydrogen) atoms. The Morgan fingerprint density at radius 1 is 0.241 bits per heavy atom. The van der Waals surface area contributed by atoms with Crippen LogP contribution in [-0.2, 0) is 0 Å². The van der Waals surface area contributed by atoms with Crippen LogP contribution in [0.5, 0.6) is 0 Å². The predicted molar refractivity (Wildman–Crippen MR) is 223 cm³/mol. The highest BCUT2D eigenvalue weighted by atomic mass is 15.0. The summed E-state index contributed by atoms with van der Waals surface area (Å²) in [6, 6.07) is 67.5. The van der Waals surface area contributed by atoms with Gasteiger partial charge in [0.1, 0.15) is 0 Å². The Morgan fingerprint density at radius 3 is 1.11 bits per heavy atom. The van der Waals surface area contributed by atoms with Crippen LogP contribution in [0.15, 0.2) is 194 Å². The third-order valence-corrected chi connectivity index (χ3v) is 10.1. The minimum absolute atomic E-state index is 0.628. The molecule has 4 nitrogen and oxygen atoms in total. The van der Waals surface area contributed by atoms with E-state index in [1.54, 1.807) is 0 Å². The van der Waals surface area contributed by atoms with Crippen molar-refractivity contribution in [1.82, 2.24) is 19.9 Å². The second kappa shape index (κ2) is 13.4. The number of pyridine rings is 1. The maximum atomic E-state index is 5.26. The zero-order chi connectivity index (χ0) is 35.8. The number of fused-ring (bicyclic) bond motifs is 3. The molecule has 0 amide bonds. The van der Waals surface area contributed by atoms with Crippen molar-refractivity contribution in [3.8, 4) is 67.8 Å². The molecule has 0 bridgehead atoms. The van der Waals surface area contributed by atoms with Crippen LogP contribution in [0.25, 0.3) is 100 Å². The maximum absolute atomic E-state index is 5.26. The molecule has 0 aliphatic carbocycles. The van der Waals surface area contributed by atoms with E-state index in [2.05, 4.69) is 182 Å². The van der Waals surface area contributed by atoms with Gasteiger partial charge in [0.05, 0.1) is 11.4 Å². The zero-order valence-electron chi connectivity index (χ0n) is 29.3. The third kappa shape index (κ3) is 5.67. The Hall–Kier alpha value is -7.30. The van der Waals surface area contributed by atoms with E-state index in [1.165, 1.54) is 0 Å². The predicted octanol–water partition coefficient (Wildman–Crippen LogP) is 12.7. The molecule has 0 aliphatic heterocycles. The number of hydrogen-bond donors (Lipinski definition) is 0. The molecule has 0 saturated heterocycles. The Balaban J connectivity index is 1.20. The van der Waals surface area contributed by atoms with E-state index in [1.807, 2.05) is 12.1 Å². The van der Waals surface area contributed by atoms with Crippen LogP contribution >= 0.6 is 0 Å². The summed E-state index contributed by atoms with van der Waals surface area (Å²) in [6.45, 7) is 0. The molecule has 4 heteroatoms. The molecule has 2 aromatic heterocycles. The second-order valence-electron chi connectivity index (χ2n) is 13.4. The van der Waals surface area contributed by atoms with Crippen LogP contribution < -0.4 is 0 Å². The van der Waals surface area contributed by atoms with E-state index in [9.17, 15) is 0 Å². The average molecular weight is 689 g/mol. The highest BCUT2D eigenvalue weighted by Crippen LogP contribution is 2.39. The lowest BCUT2D eigenvalue weighted by molar-refractivity contribution is 1.08. The summed E-state index contributed by atoms with van der Waals surface area (Å²) >= 11 is 0. The van der Waals surface area contributed by atoms with Gasteiger partial charge in [-0.1, -0.05) is 176 Å². The first-order chi connectivity index (χ1) is 26.8. The van der Waals surface area contributed by atoms with Crippen molar-refractivity contribution in [2.45, 2.75) is 0 Å². The Labute approximate surface area is 313 Å². The van der Waals surface area contributed by atoms with Gasteiger partial charge in [-0.15, -0.1) is 0 Å². The molecule has 10 aromatic rings. The quantitative estimate of drug-likeness (QED) is 0.174. The topological polar surface area (TPSA) is 51.6 Å². The summed E-state index contributed by atoms with van der Waals surface area (Å²) in [7, 11) is 0. The number of benzene rings is 8. The minimum atomic E-state index is 0.628. The lowest BCUT2D eigenvalue weighted by Crippen LogP contribution is -2.01. The van der Waals surface area contributed by atoms with Gasteiger partial charge in [0.15, 0.2) is 17.5 Å². The molecule has 0 saturated carbocycles. The van der Waals surface area contributed by atoms with Gasteiger partial charge in [-0.3, -0.25) is 0 Å². The van der Waals surface area contributed by atoms with E-state index in [0.717, 1.165) is 82.6 Å². The number of nitrogens with zero attached hydrogens (tertiary/aromatic N) is 4. The number of rotatable bonds is 6. The van der Waals surface area contributed by atoms with Crippen molar-refractivity contribution in [3.05, 3.63) is 194 Å². The van der Waals surface area contributed by atoms with Gasteiger partial charge in [-0.25, -0.2) is 19.9 Å². The molecule has 0 unspecified atom stereocenters. The molecule has 0 radical (unpaired) electrons. The van der Waals surface area contributed by atoms with Gasteiger partial charge in [0.2, 0.25) is 0 Å². The molecule has 0 aliphatic rings. The fraction of sp³-hybridized carbons (Fsp3) is 0. The van der Waals surface area contributed by atoms with Crippen LogP contribution in [0.3, 0.4) is 0 Å². The monoisotopic (exact) mass is 688 g/mol. The molecule has 0 fully saturated rings. The van der Waals surface area contributed by atoms with Crippen molar-refractivity contribution < 1.29 is 0 Å². The van der Waals surface area contributed by atoms with Crippen LogP contribution in [0, 0.1) is 0 Å². The summed E-state index contributed by atoms with van der Waals surface area (Å²) < 4.78 is 0. The molecular formula is C50H32N4. The number of aromatic nitrogens is 4. The SMILES string of the molecule is c1ccc(-c2cc(-c3ccc(-c4nc(-c5cccc6ccccc56)nc(-c5cccc6ccccc56)n4)c4ccccc34)cc(-c3ccccc3)n2)cc1. The molecule has 2 heterocycles. The molecule has 0 N–H and O–H groups in total. The summed E-state index contributed by atoms with van der Waals surface area (Å²) in [6.07, 6.45) is 0. The van der Waals surface area contributed by atoms with E-state index >= 15 is 0 Å². The maximum Gasteiger partial charge on any atom is 0.164 e. The van der Waals surface area contributed by atoms with Gasteiger partial charge < -0.3 is 0 Å². The molecule has 10 rings (SSSR count). The first-order valence-corrected chi connectivity index (χ1v) is 18.1. The van der Waals surface area contributed by atoms with Gasteiger partial charge in [0, 0.05) is 27.8 Å². The van der Waals surface area contributed by atoms with Gasteiger partial charge >= 0.3 is 0 Å². The summed E-state index contributed by atoms with van der Waals surface area (Å²) in [5, 5.41) is 6.65. The highest BCUT2D eigenvalue weighted by Gasteiger charge is 2.19. The molecule has 0 spiro atoms. The zero-order valence-corrected chi connectivity index (χ0v) is 29.3. The summed E-state index contributed by atoms with van der Waals surface area (Å²) in [5.41, 5.74) is 9.09. The highest BCUT2D eigenvalue weighted by molar-refractivity contribution is 6.05. The van der Waals surface area contributed by atoms with Crippen LogP contribution in [0.1, 0.15) is 0 Å². The van der Waals surface area contributed by atoms with Gasteiger partial charge in [0.25, 0.3) is 0 Å². The summed E-state index contributed by atoms with van der Waals surface area (Å²) in [4.78, 5) is 20.8. The fourth-order valence-electron chi connectivity index (χ4n) is 7.52. The van der Waals surface area contributed by atoms with E-state index in [0.29, 0.717) is 17.5 Å². The first kappa shape index (κ1) is 31.4. The summed E-state index contributed by atoms with van der Waals surface area (Å²) in [5.74, 6) is 1.91. The van der Waals surface area contributed by atoms with Crippen molar-refractivity contribution in [1.29, 1.82) is 0 Å². The smallest absolute Gasteiger partial charge is 0.164 e. The van der Waals surface area contributed by atoms with Crippen molar-refractivity contribution in [3.63, 3.8) is 0 Å². The number of hydrogen-bond acceptors (Lipinski definition) is 4. The largest absolute Gasteiger partial charge is 0.248 e. The van der Waals surface area contributed by atoms with E-state index in [4.69, 9.17) is 19.9 Å². The van der Waals surface area contributed by atoms with Gasteiger partial charge in [-0.05, 0) is 61.6 Å². The second-order valence-corrected chi connectivity index (χ2v) is 13.4. The Bertz CT molecular complexity index is 2830. The Kier molecular flexibility index (Phi) is 7.77. The normalized spacial score (nSPS) is 11.3. The standard InChI is InChI=1S/C50H32N4/c1-3-17-35(18-4-1)46-31-37(32-47(51-46)36-19-5-2-6-20-36)40-29-30-45(42-26-12-11-25-41(40)42)50-53-48(43-27-13-21-33-15-7-9-23-38(33)43)52-49(54-50)44-28-14-22-34-16-8-10-24-39(34)44/h1-32H. The molecule has 252 valence electrons. The lowest BCUT2D eigenvalue weighted by Gasteiger charge is -2.15. The van der Waals surface area contributed by atoms with E-state index < -0.39 is 0 Å². The molecular weight excluding hydrogens is 657 g/mol. The van der Waals surface area contributed by atoms with Crippen LogP contribution in [0.2, 0.25) is 0 Å². The first-order valence-electron chi connectivity index (χ1n) is 18.1. The van der Waals surface area contributed by atoms with Gasteiger partial charge in [-0.2, -0.15) is 0 Å². The molecule has 0 atom stereocenters. The van der Waals surface area contributed by atoms with Crippen LogP contribution in [0.4, 0.5) is 0 Å². The average Bonchev–Trinajstić information content (AvgIpc) is 3.26. The van der Waals surface area contributed by atoms with E-state index in [-0.39, 0.29) is 0 Å². The molecule has 8 aromatic carbocycles. The lowest BCUT2D eigenvalue weighted by atomic mass is 9.93. The van der Waals surface area contributed by atoms with Crippen molar-refractivity contribution in [2.24, 2.45) is 0 Å². The fourth-order valence-corrected chi connectivity index (χ4v) is 7.52. The third-order valence-electron chi connectivity index (χ3n) is 10.1. The van der Waals surface area contributed by atoms with Crippen molar-refractivity contribution >= 4 is 32.3 Å². The van der Waals surface area contributed by atoms with Crippen LogP contribution in [-0.4, -0.2) is 19.9 Å². The van der Waals surface area contributed by atoms with Crippen molar-refractivity contribution in [2.75, 3.05) is 0 Å². The minimum Gasteiger partial charge on any atom is -0.248 e. The Morgan fingerprint density at radius 2 is 0.611 bits per heavy atom.